The number of aromatic amines is 1. The van der Waals surface area contributed by atoms with Crippen LogP contribution >= 0.6 is 22.6 Å². The Morgan fingerprint density at radius 1 is 1.09 bits per heavy atom. The number of nitrogens with one attached hydrogen (secondary N) is 1. The van der Waals surface area contributed by atoms with E-state index in [1.54, 1.807) is 0 Å². The highest BCUT2D eigenvalue weighted by Gasteiger charge is 2.20. The molecule has 0 atom stereocenters. The van der Waals surface area contributed by atoms with Gasteiger partial charge in [0.05, 0.1) is 28.0 Å². The molecule has 0 bridgehead atoms. The molecule has 0 amide bonds. The molecule has 0 saturated heterocycles. The molecule has 3 aromatic rings. The minimum atomic E-state index is 0.487. The number of nitrogens with zero attached hydrogens (tertiary/aromatic N) is 1. The lowest BCUT2D eigenvalue weighted by Gasteiger charge is -2.16. The lowest BCUT2D eigenvalue weighted by molar-refractivity contribution is 0.327. The molecule has 3 rings (SSSR count). The Bertz CT molecular complexity index is 845. The number of hydrogen-bond donors (Lipinski definition) is 2. The van der Waals surface area contributed by atoms with Crippen LogP contribution in [0.3, 0.4) is 0 Å². The van der Waals surface area contributed by atoms with E-state index in [0.29, 0.717) is 19.0 Å². The Labute approximate surface area is 148 Å². The van der Waals surface area contributed by atoms with E-state index in [0.717, 1.165) is 37.1 Å². The van der Waals surface area contributed by atoms with E-state index in [2.05, 4.69) is 38.9 Å². The summed E-state index contributed by atoms with van der Waals surface area (Å²) in [5, 5.41) is 9.23. The van der Waals surface area contributed by atoms with Crippen LogP contribution < -0.4 is 15.2 Å². The Hall–Kier alpha value is -1.96. The first-order valence-electron chi connectivity index (χ1n) is 7.48. The molecule has 120 valence electrons. The monoisotopic (exact) mass is 423 g/mol. The number of nitrogens with two attached hydrogens (primary N) is 1. The van der Waals surface area contributed by atoms with Crippen molar-refractivity contribution in [3.8, 4) is 22.8 Å². The molecule has 23 heavy (non-hydrogen) atoms. The van der Waals surface area contributed by atoms with Gasteiger partial charge in [0.15, 0.2) is 5.82 Å². The topological polar surface area (TPSA) is 73.2 Å². The average molecular weight is 423 g/mol. The summed E-state index contributed by atoms with van der Waals surface area (Å²) >= 11 is 2.20. The maximum atomic E-state index is 5.91. The molecule has 0 aliphatic rings. The molecule has 1 heterocycles. The maximum absolute atomic E-state index is 5.91. The Morgan fingerprint density at radius 2 is 1.74 bits per heavy atom. The van der Waals surface area contributed by atoms with E-state index in [-0.39, 0.29) is 0 Å². The van der Waals surface area contributed by atoms with Gasteiger partial charge in [0.1, 0.15) is 11.5 Å². The summed E-state index contributed by atoms with van der Waals surface area (Å²) in [6.07, 6.45) is 0. The van der Waals surface area contributed by atoms with Crippen LogP contribution in [0.5, 0.6) is 11.5 Å². The number of ether oxygens (including phenoxy) is 2. The van der Waals surface area contributed by atoms with Crippen LogP contribution in [0.15, 0.2) is 30.3 Å². The van der Waals surface area contributed by atoms with Gasteiger partial charge >= 0.3 is 0 Å². The standard InChI is InChI=1S/C17H18IN3O2/c1-3-22-12-9-13(23-4-2)14(11-8-6-5-7-10(11)12)16-15(18)17(19)21-20-16/h5-9H,3-4H2,1-2H3,(H3,19,20,21). The van der Waals surface area contributed by atoms with Crippen LogP contribution in [0, 0.1) is 3.57 Å². The third-order valence-electron chi connectivity index (χ3n) is 3.55. The van der Waals surface area contributed by atoms with Gasteiger partial charge < -0.3 is 15.2 Å². The fourth-order valence-electron chi connectivity index (χ4n) is 2.63. The molecule has 6 heteroatoms. The van der Waals surface area contributed by atoms with Crippen molar-refractivity contribution in [3.63, 3.8) is 0 Å². The fraction of sp³-hybridized carbons (Fsp3) is 0.235. The van der Waals surface area contributed by atoms with Gasteiger partial charge in [0.25, 0.3) is 0 Å². The third kappa shape index (κ3) is 2.83. The molecule has 0 fully saturated rings. The van der Waals surface area contributed by atoms with Crippen LogP contribution in [0.2, 0.25) is 0 Å². The van der Waals surface area contributed by atoms with Crippen LogP contribution in [0.4, 0.5) is 5.82 Å². The fourth-order valence-corrected chi connectivity index (χ4v) is 3.14. The normalized spacial score (nSPS) is 10.9. The van der Waals surface area contributed by atoms with Gasteiger partial charge in [0, 0.05) is 11.5 Å². The molecule has 0 aliphatic heterocycles. The third-order valence-corrected chi connectivity index (χ3v) is 4.64. The second-order valence-corrected chi connectivity index (χ2v) is 6.04. The van der Waals surface area contributed by atoms with Gasteiger partial charge in [-0.2, -0.15) is 5.10 Å². The van der Waals surface area contributed by atoms with Gasteiger partial charge in [-0.3, -0.25) is 5.10 Å². The molecule has 0 unspecified atom stereocenters. The second kappa shape index (κ2) is 6.66. The predicted molar refractivity (Wildman–Crippen MR) is 101 cm³/mol. The van der Waals surface area contributed by atoms with Crippen molar-refractivity contribution in [2.75, 3.05) is 18.9 Å². The first-order chi connectivity index (χ1) is 11.2. The number of fused-ring (bicyclic) bond motifs is 1. The summed E-state index contributed by atoms with van der Waals surface area (Å²) in [6.45, 7) is 5.10. The minimum absolute atomic E-state index is 0.487. The van der Waals surface area contributed by atoms with Gasteiger partial charge in [-0.25, -0.2) is 0 Å². The smallest absolute Gasteiger partial charge is 0.159 e. The van der Waals surface area contributed by atoms with E-state index >= 15 is 0 Å². The van der Waals surface area contributed by atoms with E-state index in [1.807, 2.05) is 38.1 Å². The summed E-state index contributed by atoms with van der Waals surface area (Å²) < 4.78 is 12.6. The zero-order valence-corrected chi connectivity index (χ0v) is 15.2. The number of H-pyrrole nitrogens is 1. The van der Waals surface area contributed by atoms with E-state index < -0.39 is 0 Å². The molecule has 2 aromatic carbocycles. The van der Waals surface area contributed by atoms with Crippen LogP contribution in [0.1, 0.15) is 13.8 Å². The summed E-state index contributed by atoms with van der Waals surface area (Å²) in [5.74, 6) is 2.06. The summed E-state index contributed by atoms with van der Waals surface area (Å²) in [7, 11) is 0. The number of rotatable bonds is 5. The Balaban J connectivity index is 2.36. The number of hydrogen-bond acceptors (Lipinski definition) is 4. The Kier molecular flexibility index (Phi) is 4.61. The van der Waals surface area contributed by atoms with E-state index in [9.17, 15) is 0 Å². The summed E-state index contributed by atoms with van der Waals surface area (Å²) in [6, 6.07) is 10.1. The first-order valence-corrected chi connectivity index (χ1v) is 8.56. The predicted octanol–water partition coefficient (Wildman–Crippen LogP) is 4.21. The van der Waals surface area contributed by atoms with E-state index in [1.165, 1.54) is 0 Å². The molecule has 3 N–H and O–H groups in total. The zero-order valence-electron chi connectivity index (χ0n) is 13.0. The van der Waals surface area contributed by atoms with Crippen molar-refractivity contribution in [2.45, 2.75) is 13.8 Å². The Morgan fingerprint density at radius 3 is 2.35 bits per heavy atom. The van der Waals surface area contributed by atoms with Gasteiger partial charge in [-0.05, 0) is 41.8 Å². The van der Waals surface area contributed by atoms with Crippen molar-refractivity contribution in [2.24, 2.45) is 0 Å². The molecule has 0 saturated carbocycles. The number of benzene rings is 2. The molecule has 0 spiro atoms. The molecule has 0 radical (unpaired) electrons. The number of aromatic nitrogens is 2. The molecule has 0 aliphatic carbocycles. The number of halogens is 1. The maximum Gasteiger partial charge on any atom is 0.159 e. The summed E-state index contributed by atoms with van der Waals surface area (Å²) in [4.78, 5) is 0. The first kappa shape index (κ1) is 15.9. The highest BCUT2D eigenvalue weighted by molar-refractivity contribution is 14.1. The zero-order chi connectivity index (χ0) is 16.4. The van der Waals surface area contributed by atoms with Crippen LogP contribution in [-0.2, 0) is 0 Å². The van der Waals surface area contributed by atoms with Crippen molar-refractivity contribution in [1.29, 1.82) is 0 Å². The lowest BCUT2D eigenvalue weighted by Crippen LogP contribution is -1.99. The molecular weight excluding hydrogens is 405 g/mol. The van der Waals surface area contributed by atoms with Gasteiger partial charge in [-0.1, -0.05) is 24.3 Å². The second-order valence-electron chi connectivity index (χ2n) is 4.96. The van der Waals surface area contributed by atoms with Crippen molar-refractivity contribution >= 4 is 39.2 Å². The van der Waals surface area contributed by atoms with Gasteiger partial charge in [0.2, 0.25) is 0 Å². The quantitative estimate of drug-likeness (QED) is 0.603. The lowest BCUT2D eigenvalue weighted by atomic mass is 10.00. The average Bonchev–Trinajstić information content (AvgIpc) is 2.88. The van der Waals surface area contributed by atoms with E-state index in [4.69, 9.17) is 15.2 Å². The number of anilines is 1. The largest absolute Gasteiger partial charge is 0.493 e. The molecule has 1 aromatic heterocycles. The van der Waals surface area contributed by atoms with Crippen molar-refractivity contribution in [1.82, 2.24) is 10.2 Å². The van der Waals surface area contributed by atoms with Crippen LogP contribution in [-0.4, -0.2) is 23.4 Å². The SMILES string of the molecule is CCOc1cc(OCC)c2ccccc2c1-c1[nH]nc(N)c1I. The highest BCUT2D eigenvalue weighted by atomic mass is 127. The van der Waals surface area contributed by atoms with Crippen molar-refractivity contribution < 1.29 is 9.47 Å². The number of nitrogen functional groups attached to an aromatic ring is 1. The molecule has 5 nitrogen and oxygen atoms in total. The van der Waals surface area contributed by atoms with Gasteiger partial charge in [-0.15, -0.1) is 0 Å². The molecular formula is C17H18IN3O2. The van der Waals surface area contributed by atoms with Crippen LogP contribution in [0.25, 0.3) is 22.0 Å². The minimum Gasteiger partial charge on any atom is -0.493 e. The summed E-state index contributed by atoms with van der Waals surface area (Å²) in [5.41, 5.74) is 7.73. The van der Waals surface area contributed by atoms with Crippen molar-refractivity contribution in [3.05, 3.63) is 33.9 Å². The highest BCUT2D eigenvalue weighted by Crippen LogP contribution is 2.43.